The Morgan fingerprint density at radius 2 is 1.10 bits per heavy atom. The van der Waals surface area contributed by atoms with E-state index in [1.165, 1.54) is 0 Å². The van der Waals surface area contributed by atoms with E-state index in [9.17, 15) is 43.2 Å². The van der Waals surface area contributed by atoms with Crippen molar-refractivity contribution in [3.05, 3.63) is 4.13 Å². The summed E-state index contributed by atoms with van der Waals surface area (Å²) in [6.45, 7) is 3.04. The van der Waals surface area contributed by atoms with Crippen molar-refractivity contribution in [2.75, 3.05) is 20.6 Å². The summed E-state index contributed by atoms with van der Waals surface area (Å²) in [5.74, 6) is 5.47. The van der Waals surface area contributed by atoms with Crippen molar-refractivity contribution >= 4 is 20.0 Å². The van der Waals surface area contributed by atoms with Gasteiger partial charge in [0, 0.05) is 0 Å². The lowest BCUT2D eigenvalue weighted by Crippen LogP contribution is -2.46. The summed E-state index contributed by atoms with van der Waals surface area (Å²) in [7, 11) is -9.53. The van der Waals surface area contributed by atoms with E-state index in [4.69, 9.17) is 5.84 Å². The molecule has 0 aromatic rings. The van der Waals surface area contributed by atoms with E-state index in [0.717, 1.165) is 10.7 Å². The summed E-state index contributed by atoms with van der Waals surface area (Å²) < 4.78 is 110. The van der Waals surface area contributed by atoms with Gasteiger partial charge in [0.15, 0.2) is 20.0 Å². The number of nitrogens with two attached hydrogens (primary N) is 1. The van der Waals surface area contributed by atoms with Crippen molar-refractivity contribution in [1.82, 2.24) is 0 Å². The summed E-state index contributed by atoms with van der Waals surface area (Å²) in [6.07, 6.45) is 0. The van der Waals surface area contributed by atoms with Crippen LogP contribution >= 0.6 is 0 Å². The molecule has 0 amide bonds. The van der Waals surface area contributed by atoms with Crippen molar-refractivity contribution in [3.63, 3.8) is 0 Å². The average Bonchev–Trinajstić information content (AvgIpc) is 2.12. The van der Waals surface area contributed by atoms with Crippen molar-refractivity contribution in [1.29, 1.82) is 0 Å². The molecule has 0 atom stereocenters. The molecule has 0 saturated carbocycles. The molecule has 0 aliphatic heterocycles. The summed E-state index contributed by atoms with van der Waals surface area (Å²) in [5, 5.41) is 0. The third kappa shape index (κ3) is 8.40. The molecule has 2 N–H and O–H groups in total. The molecule has 0 bridgehead atoms. The molecule has 0 aliphatic carbocycles. The zero-order valence-corrected chi connectivity index (χ0v) is 12.5. The van der Waals surface area contributed by atoms with E-state index in [-0.39, 0.29) is 0 Å². The van der Waals surface area contributed by atoms with E-state index < -0.39 is 31.1 Å². The molecule has 0 aliphatic rings. The van der Waals surface area contributed by atoms with Gasteiger partial charge in [0.2, 0.25) is 0 Å². The number of alkyl halides is 6. The van der Waals surface area contributed by atoms with Gasteiger partial charge in [0.05, 0.1) is 20.6 Å². The summed E-state index contributed by atoms with van der Waals surface area (Å²) >= 11 is 0. The second kappa shape index (κ2) is 6.64. The van der Waals surface area contributed by atoms with Crippen LogP contribution in [0.5, 0.6) is 0 Å². The zero-order chi connectivity index (χ0) is 17.9. The number of nitrogens with zero attached hydrogens (tertiary/aromatic N) is 2. The highest BCUT2D eigenvalue weighted by Crippen LogP contribution is 2.36. The van der Waals surface area contributed by atoms with Crippen molar-refractivity contribution in [3.8, 4) is 0 Å². The minimum Gasteiger partial charge on any atom is -0.421 e. The maximum absolute atomic E-state index is 11.4. The Labute approximate surface area is 117 Å². The van der Waals surface area contributed by atoms with E-state index in [0.29, 0.717) is 4.59 Å². The third-order valence-electron chi connectivity index (χ3n) is 1.60. The number of rotatable bonds is 3. The highest BCUT2D eigenvalue weighted by molar-refractivity contribution is 8.13. The summed E-state index contributed by atoms with van der Waals surface area (Å²) in [6, 6.07) is 0. The van der Waals surface area contributed by atoms with Gasteiger partial charge in [-0.2, -0.15) is 32.2 Å². The van der Waals surface area contributed by atoms with Gasteiger partial charge in [-0.25, -0.2) is 16.8 Å². The van der Waals surface area contributed by atoms with Gasteiger partial charge in [0.1, 0.15) is 0 Å². The van der Waals surface area contributed by atoms with Gasteiger partial charge in [-0.3, -0.25) is 4.59 Å². The van der Waals surface area contributed by atoms with E-state index in [1.807, 2.05) is 14.1 Å². The fourth-order valence-electron chi connectivity index (χ4n) is 0.214. The van der Waals surface area contributed by atoms with Crippen LogP contribution in [0, 0.1) is 0 Å². The van der Waals surface area contributed by atoms with Crippen LogP contribution in [-0.2, 0) is 20.0 Å². The Morgan fingerprint density at radius 1 is 0.905 bits per heavy atom. The highest BCUT2D eigenvalue weighted by atomic mass is 32.3. The molecule has 0 spiro atoms. The molecule has 0 aromatic carbocycles. The van der Waals surface area contributed by atoms with Crippen LogP contribution in [0.3, 0.4) is 0 Å². The molecule has 15 heteroatoms. The fraction of sp³-hybridized carbons (Fsp3) is 1.00. The minimum absolute atomic E-state index is 0.569. The number of halogens is 6. The molecule has 0 heterocycles. The quantitative estimate of drug-likeness (QED) is 0.346. The molecule has 130 valence electrons. The molecule has 0 rings (SSSR count). The first-order chi connectivity index (χ1) is 8.77. The van der Waals surface area contributed by atoms with Crippen molar-refractivity contribution in [2.24, 2.45) is 5.84 Å². The predicted octanol–water partition coefficient (Wildman–Crippen LogP) is 1.02. The van der Waals surface area contributed by atoms with Gasteiger partial charge >= 0.3 is 11.0 Å². The first-order valence-corrected chi connectivity index (χ1v) is 7.63. The second-order valence-corrected chi connectivity index (χ2v) is 7.43. The van der Waals surface area contributed by atoms with Crippen LogP contribution in [0.15, 0.2) is 0 Å². The Morgan fingerprint density at radius 3 is 1.19 bits per heavy atom. The minimum atomic E-state index is -6.72. The molecule has 7 nitrogen and oxygen atoms in total. The maximum atomic E-state index is 11.4. The summed E-state index contributed by atoms with van der Waals surface area (Å²) in [4.78, 5) is 0. The van der Waals surface area contributed by atoms with Crippen LogP contribution in [0.2, 0.25) is 0 Å². The number of hydrogen-bond donors (Lipinski definition) is 1. The highest BCUT2D eigenvalue weighted by Gasteiger charge is 2.46. The lowest BCUT2D eigenvalue weighted by atomic mass is 10.6. The number of hydrogen-bond acceptors (Lipinski definition) is 5. The van der Waals surface area contributed by atoms with Crippen LogP contribution in [0.25, 0.3) is 4.13 Å². The second-order valence-electron chi connectivity index (χ2n) is 4.01. The van der Waals surface area contributed by atoms with Gasteiger partial charge in [-0.05, 0) is 6.92 Å². The van der Waals surface area contributed by atoms with Crippen LogP contribution in [-0.4, -0.2) is 53.1 Å². The first-order valence-electron chi connectivity index (χ1n) is 4.75. The lowest BCUT2D eigenvalue weighted by molar-refractivity contribution is -0.900. The maximum Gasteiger partial charge on any atom is 0.480 e. The third-order valence-corrected chi connectivity index (χ3v) is 4.34. The Hall–Kier alpha value is -0.640. The average molecular weight is 369 g/mol. The van der Waals surface area contributed by atoms with Gasteiger partial charge in [-0.15, -0.1) is 0 Å². The Bertz CT molecular complexity index is 488. The number of sulfonamides is 2. The Balaban J connectivity index is 0. The molecular formula is C6H13F6N3O4S2. The van der Waals surface area contributed by atoms with Crippen molar-refractivity contribution < 1.29 is 47.8 Å². The number of quaternary nitrogens is 1. The fourth-order valence-corrected chi connectivity index (χ4v) is 1.92. The predicted molar refractivity (Wildman–Crippen MR) is 60.1 cm³/mol. The van der Waals surface area contributed by atoms with E-state index >= 15 is 0 Å². The lowest BCUT2D eigenvalue weighted by Gasteiger charge is -2.22. The van der Waals surface area contributed by atoms with Crippen LogP contribution in [0.4, 0.5) is 26.3 Å². The molecule has 0 radical (unpaired) electrons. The molecular weight excluding hydrogens is 356 g/mol. The van der Waals surface area contributed by atoms with Crippen LogP contribution < -0.4 is 5.84 Å². The molecule has 0 unspecified atom stereocenters. The van der Waals surface area contributed by atoms with Gasteiger partial charge < -0.3 is 4.13 Å². The Kier molecular flexibility index (Phi) is 7.15. The smallest absolute Gasteiger partial charge is 0.421 e. The first kappa shape index (κ1) is 22.6. The molecule has 0 saturated heterocycles. The van der Waals surface area contributed by atoms with Gasteiger partial charge in [-0.1, -0.05) is 0 Å². The molecule has 21 heavy (non-hydrogen) atoms. The van der Waals surface area contributed by atoms with E-state index in [1.54, 1.807) is 0 Å². The standard InChI is InChI=1S/C4H13N2.C2F6NO4S2/c1-4-6(2,3)5;3-1(4,5)14(10,11)9-15(12,13)2(6,7)8/h4-5H2,1-3H3;/q+1;-1. The largest absolute Gasteiger partial charge is 0.480 e. The zero-order valence-electron chi connectivity index (χ0n) is 10.9. The van der Waals surface area contributed by atoms with Crippen LogP contribution in [0.1, 0.15) is 6.92 Å². The molecule has 0 aromatic heterocycles. The molecule has 0 fully saturated rings. The van der Waals surface area contributed by atoms with E-state index in [2.05, 4.69) is 6.92 Å². The topological polar surface area (TPSA) is 108 Å². The van der Waals surface area contributed by atoms with Crippen molar-refractivity contribution in [2.45, 2.75) is 17.9 Å². The van der Waals surface area contributed by atoms with Gasteiger partial charge in [0.25, 0.3) is 0 Å². The normalized spacial score (nSPS) is 14.4. The summed E-state index contributed by atoms with van der Waals surface area (Å²) in [5.41, 5.74) is -12.4. The SMILES string of the molecule is CC[N+](C)(C)N.O=S(=O)([N-]S(=O)(=O)C(F)(F)F)C(F)(F)F. The monoisotopic (exact) mass is 369 g/mol.